The van der Waals surface area contributed by atoms with E-state index in [0.717, 1.165) is 11.3 Å². The van der Waals surface area contributed by atoms with E-state index in [1.807, 2.05) is 54.6 Å². The molecule has 0 aliphatic rings. The smallest absolute Gasteiger partial charge is 0.119 e. The number of hydrogen-bond donors (Lipinski definition) is 1. The van der Waals surface area contributed by atoms with E-state index in [0.29, 0.717) is 24.5 Å². The number of para-hydroxylation sites is 1. The molecule has 1 unspecified atom stereocenters. The molecular weight excluding hydrogens is 260 g/mol. The van der Waals surface area contributed by atoms with Crippen molar-refractivity contribution in [3.63, 3.8) is 0 Å². The molecule has 0 amide bonds. The quantitative estimate of drug-likeness (QED) is 0.871. The van der Waals surface area contributed by atoms with Gasteiger partial charge in [0.2, 0.25) is 0 Å². The first kappa shape index (κ1) is 13.9. The van der Waals surface area contributed by atoms with Crippen LogP contribution in [0.2, 0.25) is 5.02 Å². The van der Waals surface area contributed by atoms with Crippen molar-refractivity contribution in [1.29, 1.82) is 0 Å². The van der Waals surface area contributed by atoms with Gasteiger partial charge in [-0.2, -0.15) is 0 Å². The summed E-state index contributed by atoms with van der Waals surface area (Å²) in [5, 5.41) is 10.6. The van der Waals surface area contributed by atoms with E-state index in [-0.39, 0.29) is 0 Å². The summed E-state index contributed by atoms with van der Waals surface area (Å²) in [5.41, 5.74) is 1.04. The number of ether oxygens (including phenoxy) is 1. The van der Waals surface area contributed by atoms with Gasteiger partial charge in [-0.25, -0.2) is 0 Å². The van der Waals surface area contributed by atoms with Crippen molar-refractivity contribution in [2.45, 2.75) is 18.9 Å². The van der Waals surface area contributed by atoms with Gasteiger partial charge < -0.3 is 9.84 Å². The normalized spacial score (nSPS) is 12.1. The van der Waals surface area contributed by atoms with Crippen molar-refractivity contribution >= 4 is 11.6 Å². The molecule has 0 radical (unpaired) electrons. The van der Waals surface area contributed by atoms with E-state index < -0.39 is 6.10 Å². The minimum atomic E-state index is -0.415. The molecule has 2 rings (SSSR count). The van der Waals surface area contributed by atoms with Crippen LogP contribution in [0.25, 0.3) is 0 Å². The molecule has 19 heavy (non-hydrogen) atoms. The highest BCUT2D eigenvalue weighted by atomic mass is 35.5. The van der Waals surface area contributed by atoms with Crippen LogP contribution in [0.4, 0.5) is 0 Å². The third-order valence-corrected chi connectivity index (χ3v) is 3.06. The summed E-state index contributed by atoms with van der Waals surface area (Å²) in [4.78, 5) is 0. The van der Waals surface area contributed by atoms with Gasteiger partial charge in [0.25, 0.3) is 0 Å². The van der Waals surface area contributed by atoms with Gasteiger partial charge in [-0.3, -0.25) is 0 Å². The summed E-state index contributed by atoms with van der Waals surface area (Å²) in [5.74, 6) is 0.831. The van der Waals surface area contributed by atoms with Crippen molar-refractivity contribution in [3.8, 4) is 5.75 Å². The Hall–Kier alpha value is -1.51. The molecule has 3 heteroatoms. The maximum Gasteiger partial charge on any atom is 0.119 e. The molecule has 0 aromatic heterocycles. The van der Waals surface area contributed by atoms with Gasteiger partial charge in [0.1, 0.15) is 5.75 Å². The molecule has 2 aromatic carbocycles. The average Bonchev–Trinajstić information content (AvgIpc) is 2.40. The molecule has 0 aliphatic carbocycles. The van der Waals surface area contributed by atoms with Crippen LogP contribution in [-0.2, 0) is 6.42 Å². The summed E-state index contributed by atoms with van der Waals surface area (Å²) < 4.78 is 5.55. The topological polar surface area (TPSA) is 29.5 Å². The van der Waals surface area contributed by atoms with Crippen LogP contribution in [0.15, 0.2) is 54.6 Å². The van der Waals surface area contributed by atoms with Crippen LogP contribution in [-0.4, -0.2) is 17.8 Å². The summed E-state index contributed by atoms with van der Waals surface area (Å²) in [6.07, 6.45) is 0.780. The summed E-state index contributed by atoms with van der Waals surface area (Å²) in [6, 6.07) is 17.2. The first-order chi connectivity index (χ1) is 9.24. The van der Waals surface area contributed by atoms with Crippen LogP contribution >= 0.6 is 11.6 Å². The summed E-state index contributed by atoms with van der Waals surface area (Å²) >= 11 is 5.91. The molecule has 0 bridgehead atoms. The number of rotatable bonds is 6. The van der Waals surface area contributed by atoms with E-state index in [1.165, 1.54) is 0 Å². The minimum absolute atomic E-state index is 0.415. The SMILES string of the molecule is OC(CCOc1ccccc1)Cc1cccc(Cl)c1. The molecule has 0 saturated heterocycles. The maximum atomic E-state index is 9.95. The fourth-order valence-electron chi connectivity index (χ4n) is 1.87. The lowest BCUT2D eigenvalue weighted by atomic mass is 10.1. The molecule has 2 aromatic rings. The van der Waals surface area contributed by atoms with Crippen LogP contribution in [0.1, 0.15) is 12.0 Å². The highest BCUT2D eigenvalue weighted by Gasteiger charge is 2.06. The fourth-order valence-corrected chi connectivity index (χ4v) is 2.08. The molecule has 100 valence electrons. The fraction of sp³-hybridized carbons (Fsp3) is 0.250. The van der Waals surface area contributed by atoms with Gasteiger partial charge in [0.05, 0.1) is 12.7 Å². The van der Waals surface area contributed by atoms with Gasteiger partial charge in [-0.1, -0.05) is 41.9 Å². The van der Waals surface area contributed by atoms with Crippen molar-refractivity contribution in [2.75, 3.05) is 6.61 Å². The van der Waals surface area contributed by atoms with Crippen molar-refractivity contribution in [3.05, 3.63) is 65.2 Å². The van der Waals surface area contributed by atoms with Crippen LogP contribution in [0, 0.1) is 0 Å². The Labute approximate surface area is 118 Å². The van der Waals surface area contributed by atoms with Crippen LogP contribution in [0.3, 0.4) is 0 Å². The monoisotopic (exact) mass is 276 g/mol. The Balaban J connectivity index is 1.74. The predicted octanol–water partition coefficient (Wildman–Crippen LogP) is 3.71. The van der Waals surface area contributed by atoms with Crippen molar-refractivity contribution in [2.24, 2.45) is 0 Å². The Morgan fingerprint density at radius 2 is 1.84 bits per heavy atom. The summed E-state index contributed by atoms with van der Waals surface area (Å²) in [6.45, 7) is 0.506. The zero-order valence-corrected chi connectivity index (χ0v) is 11.4. The van der Waals surface area contributed by atoms with Crippen LogP contribution in [0.5, 0.6) is 5.75 Å². The lowest BCUT2D eigenvalue weighted by Gasteiger charge is -2.12. The minimum Gasteiger partial charge on any atom is -0.493 e. The Morgan fingerprint density at radius 3 is 2.58 bits per heavy atom. The molecule has 1 atom stereocenters. The Kier molecular flexibility index (Phi) is 5.25. The standard InChI is InChI=1S/C16H17ClO2/c17-14-6-4-5-13(11-14)12-15(18)9-10-19-16-7-2-1-3-8-16/h1-8,11,15,18H,9-10,12H2. The maximum absolute atomic E-state index is 9.95. The van der Waals surface area contributed by atoms with E-state index in [1.54, 1.807) is 0 Å². The molecule has 0 aliphatic heterocycles. The van der Waals surface area contributed by atoms with Gasteiger partial charge in [-0.05, 0) is 36.2 Å². The second-order valence-electron chi connectivity index (χ2n) is 4.44. The lowest BCUT2D eigenvalue weighted by Crippen LogP contribution is -2.14. The number of benzene rings is 2. The van der Waals surface area contributed by atoms with E-state index in [2.05, 4.69) is 0 Å². The van der Waals surface area contributed by atoms with Crippen molar-refractivity contribution in [1.82, 2.24) is 0 Å². The Morgan fingerprint density at radius 1 is 1.05 bits per heavy atom. The van der Waals surface area contributed by atoms with E-state index in [4.69, 9.17) is 16.3 Å². The third kappa shape index (κ3) is 4.93. The predicted molar refractivity (Wildman–Crippen MR) is 77.7 cm³/mol. The number of aliphatic hydroxyl groups is 1. The van der Waals surface area contributed by atoms with Gasteiger partial charge in [-0.15, -0.1) is 0 Å². The van der Waals surface area contributed by atoms with Gasteiger partial charge >= 0.3 is 0 Å². The molecule has 0 spiro atoms. The largest absolute Gasteiger partial charge is 0.493 e. The van der Waals surface area contributed by atoms with Gasteiger partial charge in [0, 0.05) is 11.4 Å². The van der Waals surface area contributed by atoms with E-state index in [9.17, 15) is 5.11 Å². The number of halogens is 1. The lowest BCUT2D eigenvalue weighted by molar-refractivity contribution is 0.139. The van der Waals surface area contributed by atoms with Crippen LogP contribution < -0.4 is 4.74 Å². The summed E-state index contributed by atoms with van der Waals surface area (Å²) in [7, 11) is 0. The second-order valence-corrected chi connectivity index (χ2v) is 4.87. The van der Waals surface area contributed by atoms with E-state index >= 15 is 0 Å². The number of hydrogen-bond acceptors (Lipinski definition) is 2. The molecule has 0 fully saturated rings. The third-order valence-electron chi connectivity index (χ3n) is 2.82. The first-order valence-electron chi connectivity index (χ1n) is 6.34. The average molecular weight is 277 g/mol. The van der Waals surface area contributed by atoms with Gasteiger partial charge in [0.15, 0.2) is 0 Å². The zero-order valence-electron chi connectivity index (χ0n) is 10.6. The second kappa shape index (κ2) is 7.17. The highest BCUT2D eigenvalue weighted by molar-refractivity contribution is 6.30. The first-order valence-corrected chi connectivity index (χ1v) is 6.72. The molecule has 0 saturated carbocycles. The number of aliphatic hydroxyl groups excluding tert-OH is 1. The molecular formula is C16H17ClO2. The van der Waals surface area contributed by atoms with Crippen molar-refractivity contribution < 1.29 is 9.84 Å². The highest BCUT2D eigenvalue weighted by Crippen LogP contribution is 2.14. The Bertz CT molecular complexity index is 499. The zero-order chi connectivity index (χ0) is 13.5. The molecule has 1 N–H and O–H groups in total. The molecule has 0 heterocycles. The molecule has 2 nitrogen and oxygen atoms in total.